The van der Waals surface area contributed by atoms with Crippen molar-refractivity contribution >= 4 is 11.3 Å². The predicted molar refractivity (Wildman–Crippen MR) is 57.7 cm³/mol. The third kappa shape index (κ3) is 3.36. The van der Waals surface area contributed by atoms with Crippen LogP contribution in [0.3, 0.4) is 0 Å². The van der Waals surface area contributed by atoms with E-state index in [4.69, 9.17) is 9.47 Å². The molecule has 14 heavy (non-hydrogen) atoms. The Balaban J connectivity index is 2.28. The fraction of sp³-hybridized carbons (Fsp3) is 0.700. The minimum absolute atomic E-state index is 0.128. The van der Waals surface area contributed by atoms with Gasteiger partial charge in [0, 0.05) is 6.61 Å². The first-order valence-corrected chi connectivity index (χ1v) is 5.73. The van der Waals surface area contributed by atoms with Crippen LogP contribution >= 0.6 is 11.3 Å². The van der Waals surface area contributed by atoms with Gasteiger partial charge in [0.05, 0.1) is 35.4 Å². The first-order valence-electron chi connectivity index (χ1n) is 4.85. The Morgan fingerprint density at radius 3 is 2.86 bits per heavy atom. The molecule has 0 aliphatic heterocycles. The lowest BCUT2D eigenvalue weighted by molar-refractivity contribution is 0.0157. The normalized spacial score (nSPS) is 13.1. The van der Waals surface area contributed by atoms with Crippen LogP contribution in [0.25, 0.3) is 0 Å². The van der Waals surface area contributed by atoms with Gasteiger partial charge in [-0.2, -0.15) is 0 Å². The lowest BCUT2D eigenvalue weighted by Gasteiger charge is -2.11. The topological polar surface area (TPSA) is 31.4 Å². The summed E-state index contributed by atoms with van der Waals surface area (Å²) >= 11 is 1.64. The highest BCUT2D eigenvalue weighted by Gasteiger charge is 2.10. The summed E-state index contributed by atoms with van der Waals surface area (Å²) in [7, 11) is 0. The van der Waals surface area contributed by atoms with Gasteiger partial charge in [0.1, 0.15) is 0 Å². The van der Waals surface area contributed by atoms with Crippen molar-refractivity contribution in [3.8, 4) is 0 Å². The van der Waals surface area contributed by atoms with Gasteiger partial charge in [-0.15, -0.1) is 11.3 Å². The second-order valence-corrected chi connectivity index (χ2v) is 3.90. The summed E-state index contributed by atoms with van der Waals surface area (Å²) in [6, 6.07) is 0. The van der Waals surface area contributed by atoms with Crippen molar-refractivity contribution in [2.24, 2.45) is 0 Å². The van der Waals surface area contributed by atoms with Gasteiger partial charge in [-0.1, -0.05) is 0 Å². The van der Waals surface area contributed by atoms with Gasteiger partial charge in [-0.25, -0.2) is 4.98 Å². The van der Waals surface area contributed by atoms with E-state index in [1.807, 2.05) is 26.3 Å². The molecule has 1 heterocycles. The van der Waals surface area contributed by atoms with E-state index in [0.29, 0.717) is 13.2 Å². The molecule has 0 aliphatic carbocycles. The summed E-state index contributed by atoms with van der Waals surface area (Å²) in [5.41, 5.74) is 2.92. The monoisotopic (exact) mass is 215 g/mol. The third-order valence-electron chi connectivity index (χ3n) is 1.95. The van der Waals surface area contributed by atoms with Crippen molar-refractivity contribution in [2.45, 2.75) is 26.9 Å². The number of rotatable bonds is 6. The minimum atomic E-state index is 0.128. The maximum absolute atomic E-state index is 5.61. The Bertz CT molecular complexity index is 262. The summed E-state index contributed by atoms with van der Waals surface area (Å²) in [6.45, 7) is 8.10. The number of aryl methyl sites for hydroxylation is 1. The summed E-state index contributed by atoms with van der Waals surface area (Å²) in [5.74, 6) is 0. The SMILES string of the molecule is CCOCCOC(C)c1scnc1C. The highest BCUT2D eigenvalue weighted by atomic mass is 32.1. The molecular weight excluding hydrogens is 198 g/mol. The van der Waals surface area contributed by atoms with Crippen molar-refractivity contribution in [2.75, 3.05) is 19.8 Å². The van der Waals surface area contributed by atoms with Crippen LogP contribution in [-0.2, 0) is 9.47 Å². The number of thiazole rings is 1. The van der Waals surface area contributed by atoms with E-state index in [0.717, 1.165) is 12.3 Å². The number of hydrogen-bond donors (Lipinski definition) is 0. The van der Waals surface area contributed by atoms with Crippen molar-refractivity contribution < 1.29 is 9.47 Å². The van der Waals surface area contributed by atoms with Crippen molar-refractivity contribution in [3.05, 3.63) is 16.1 Å². The van der Waals surface area contributed by atoms with E-state index in [9.17, 15) is 0 Å². The van der Waals surface area contributed by atoms with Gasteiger partial charge in [0.15, 0.2) is 0 Å². The predicted octanol–water partition coefficient (Wildman–Crippen LogP) is 2.57. The summed E-state index contributed by atoms with van der Waals surface area (Å²) in [4.78, 5) is 5.40. The van der Waals surface area contributed by atoms with Crippen LogP contribution in [-0.4, -0.2) is 24.8 Å². The average Bonchev–Trinajstić information content (AvgIpc) is 2.59. The van der Waals surface area contributed by atoms with Crippen LogP contribution in [0.15, 0.2) is 5.51 Å². The summed E-state index contributed by atoms with van der Waals surface area (Å²) in [6.07, 6.45) is 0.128. The third-order valence-corrected chi connectivity index (χ3v) is 3.04. The molecule has 1 aromatic rings. The zero-order valence-corrected chi connectivity index (χ0v) is 9.76. The quantitative estimate of drug-likeness (QED) is 0.683. The van der Waals surface area contributed by atoms with E-state index in [2.05, 4.69) is 4.98 Å². The van der Waals surface area contributed by atoms with Crippen LogP contribution in [0, 0.1) is 6.92 Å². The second-order valence-electron chi connectivity index (χ2n) is 3.01. The Labute approximate surface area is 89.1 Å². The van der Waals surface area contributed by atoms with Crippen LogP contribution in [0.2, 0.25) is 0 Å². The first-order chi connectivity index (χ1) is 6.75. The van der Waals surface area contributed by atoms with Gasteiger partial charge >= 0.3 is 0 Å². The summed E-state index contributed by atoms with van der Waals surface area (Å²) < 4.78 is 10.8. The van der Waals surface area contributed by atoms with Crippen LogP contribution in [0.1, 0.15) is 30.5 Å². The second kappa shape index (κ2) is 6.11. The van der Waals surface area contributed by atoms with Crippen molar-refractivity contribution in [1.82, 2.24) is 4.98 Å². The van der Waals surface area contributed by atoms with Crippen molar-refractivity contribution in [3.63, 3.8) is 0 Å². The molecule has 0 amide bonds. The van der Waals surface area contributed by atoms with E-state index in [-0.39, 0.29) is 6.10 Å². The molecule has 3 nitrogen and oxygen atoms in total. The van der Waals surface area contributed by atoms with E-state index in [1.54, 1.807) is 11.3 Å². The Kier molecular flexibility index (Phi) is 5.07. The minimum Gasteiger partial charge on any atom is -0.379 e. The van der Waals surface area contributed by atoms with E-state index < -0.39 is 0 Å². The van der Waals surface area contributed by atoms with Crippen LogP contribution in [0.4, 0.5) is 0 Å². The van der Waals surface area contributed by atoms with Crippen LogP contribution < -0.4 is 0 Å². The van der Waals surface area contributed by atoms with Gasteiger partial charge in [0.2, 0.25) is 0 Å². The molecule has 0 bridgehead atoms. The highest BCUT2D eigenvalue weighted by molar-refractivity contribution is 7.09. The van der Waals surface area contributed by atoms with E-state index >= 15 is 0 Å². The molecule has 4 heteroatoms. The van der Waals surface area contributed by atoms with Crippen molar-refractivity contribution in [1.29, 1.82) is 0 Å². The molecule has 0 aromatic carbocycles. The molecule has 1 unspecified atom stereocenters. The molecule has 0 spiro atoms. The van der Waals surface area contributed by atoms with Gasteiger partial charge in [-0.05, 0) is 20.8 Å². The molecular formula is C10H17NO2S. The molecule has 1 atom stereocenters. The number of hydrogen-bond acceptors (Lipinski definition) is 4. The van der Waals surface area contributed by atoms with Crippen LogP contribution in [0.5, 0.6) is 0 Å². The largest absolute Gasteiger partial charge is 0.379 e. The zero-order chi connectivity index (χ0) is 10.4. The fourth-order valence-electron chi connectivity index (χ4n) is 1.20. The lowest BCUT2D eigenvalue weighted by Crippen LogP contribution is -2.07. The number of aromatic nitrogens is 1. The molecule has 0 saturated carbocycles. The molecule has 0 radical (unpaired) electrons. The van der Waals surface area contributed by atoms with Gasteiger partial charge < -0.3 is 9.47 Å². The van der Waals surface area contributed by atoms with Gasteiger partial charge in [0.25, 0.3) is 0 Å². The van der Waals surface area contributed by atoms with E-state index in [1.165, 1.54) is 4.88 Å². The first kappa shape index (κ1) is 11.6. The molecule has 0 aliphatic rings. The molecule has 1 aromatic heterocycles. The lowest BCUT2D eigenvalue weighted by atomic mass is 10.3. The molecule has 1 rings (SSSR count). The molecule has 0 saturated heterocycles. The number of nitrogens with zero attached hydrogens (tertiary/aromatic N) is 1. The number of ether oxygens (including phenoxy) is 2. The molecule has 80 valence electrons. The maximum Gasteiger partial charge on any atom is 0.0908 e. The summed E-state index contributed by atoms with van der Waals surface area (Å²) in [5, 5.41) is 0. The standard InChI is InChI=1S/C10H17NO2S/c1-4-12-5-6-13-9(3)10-8(2)11-7-14-10/h7,9H,4-6H2,1-3H3. The highest BCUT2D eigenvalue weighted by Crippen LogP contribution is 2.23. The Morgan fingerprint density at radius 2 is 2.29 bits per heavy atom. The maximum atomic E-state index is 5.61. The molecule has 0 N–H and O–H groups in total. The Hall–Kier alpha value is -0.450. The average molecular weight is 215 g/mol. The smallest absolute Gasteiger partial charge is 0.0908 e. The van der Waals surface area contributed by atoms with Gasteiger partial charge in [-0.3, -0.25) is 0 Å². The Morgan fingerprint density at radius 1 is 1.50 bits per heavy atom. The zero-order valence-electron chi connectivity index (χ0n) is 8.95. The fourth-order valence-corrected chi connectivity index (χ4v) is 2.01. The molecule has 0 fully saturated rings.